The average Bonchev–Trinajstić information content (AvgIpc) is 2.22. The normalized spacial score (nSPS) is 10.8. The number of anilines is 1. The molecule has 0 amide bonds. The second-order valence-corrected chi connectivity index (χ2v) is 3.18. The summed E-state index contributed by atoms with van der Waals surface area (Å²) in [6.45, 7) is 0.489. The highest BCUT2D eigenvalue weighted by Gasteiger charge is 2.03. The van der Waals surface area contributed by atoms with Gasteiger partial charge in [-0.15, -0.1) is 0 Å². The van der Waals surface area contributed by atoms with Gasteiger partial charge in [0.1, 0.15) is 0 Å². The van der Waals surface area contributed by atoms with Gasteiger partial charge < -0.3 is 21.3 Å². The standard InChI is InChI=1S/C10H16N2O2/c11-9-3-1-8(2-4-9)5-12-10(6-13)7-14/h1-4,10,12-14H,5-7,11H2. The number of aliphatic hydroxyl groups is 2. The number of rotatable bonds is 5. The number of nitrogens with two attached hydrogens (primary N) is 1. The lowest BCUT2D eigenvalue weighted by atomic mass is 10.2. The highest BCUT2D eigenvalue weighted by atomic mass is 16.3. The fourth-order valence-electron chi connectivity index (χ4n) is 1.08. The van der Waals surface area contributed by atoms with E-state index in [4.69, 9.17) is 15.9 Å². The van der Waals surface area contributed by atoms with Crippen LogP contribution in [0.3, 0.4) is 0 Å². The van der Waals surface area contributed by atoms with E-state index in [0.717, 1.165) is 11.3 Å². The molecule has 0 heterocycles. The van der Waals surface area contributed by atoms with Crippen molar-refractivity contribution in [3.05, 3.63) is 29.8 Å². The molecule has 1 aromatic carbocycles. The minimum atomic E-state index is -0.257. The zero-order valence-corrected chi connectivity index (χ0v) is 7.98. The minimum absolute atomic E-state index is 0.0640. The molecular formula is C10H16N2O2. The fraction of sp³-hybridized carbons (Fsp3) is 0.400. The van der Waals surface area contributed by atoms with Crippen LogP contribution in [0.25, 0.3) is 0 Å². The Morgan fingerprint density at radius 2 is 1.71 bits per heavy atom. The van der Waals surface area contributed by atoms with Crippen LogP contribution in [-0.2, 0) is 6.54 Å². The summed E-state index contributed by atoms with van der Waals surface area (Å²) in [6, 6.07) is 7.21. The summed E-state index contributed by atoms with van der Waals surface area (Å²) >= 11 is 0. The summed E-state index contributed by atoms with van der Waals surface area (Å²) in [6.07, 6.45) is 0. The Kier molecular flexibility index (Phi) is 4.39. The van der Waals surface area contributed by atoms with Gasteiger partial charge in [-0.25, -0.2) is 0 Å². The summed E-state index contributed by atoms with van der Waals surface area (Å²) < 4.78 is 0. The minimum Gasteiger partial charge on any atom is -0.399 e. The molecule has 4 nitrogen and oxygen atoms in total. The molecule has 0 bridgehead atoms. The molecule has 0 unspecified atom stereocenters. The van der Waals surface area contributed by atoms with Gasteiger partial charge in [-0.1, -0.05) is 12.1 Å². The Morgan fingerprint density at radius 3 is 2.21 bits per heavy atom. The first kappa shape index (κ1) is 11.0. The highest BCUT2D eigenvalue weighted by molar-refractivity contribution is 5.39. The molecule has 78 valence electrons. The van der Waals surface area contributed by atoms with Gasteiger partial charge in [0.2, 0.25) is 0 Å². The summed E-state index contributed by atoms with van der Waals surface area (Å²) in [7, 11) is 0. The van der Waals surface area contributed by atoms with E-state index in [1.165, 1.54) is 0 Å². The van der Waals surface area contributed by atoms with E-state index in [9.17, 15) is 0 Å². The monoisotopic (exact) mass is 196 g/mol. The molecule has 0 saturated carbocycles. The van der Waals surface area contributed by atoms with Gasteiger partial charge in [0.05, 0.1) is 19.3 Å². The number of hydrogen-bond donors (Lipinski definition) is 4. The molecule has 0 saturated heterocycles. The van der Waals surface area contributed by atoms with Crippen LogP contribution >= 0.6 is 0 Å². The molecule has 0 fully saturated rings. The number of benzene rings is 1. The molecule has 1 rings (SSSR count). The number of hydrogen-bond acceptors (Lipinski definition) is 4. The summed E-state index contributed by atoms with van der Waals surface area (Å²) in [4.78, 5) is 0. The third-order valence-electron chi connectivity index (χ3n) is 2.02. The smallest absolute Gasteiger partial charge is 0.0607 e. The Bertz CT molecular complexity index is 257. The molecule has 0 atom stereocenters. The molecular weight excluding hydrogens is 180 g/mol. The van der Waals surface area contributed by atoms with Gasteiger partial charge in [-0.05, 0) is 17.7 Å². The summed E-state index contributed by atoms with van der Waals surface area (Å²) in [5.74, 6) is 0. The van der Waals surface area contributed by atoms with Crippen LogP contribution in [0.15, 0.2) is 24.3 Å². The second kappa shape index (κ2) is 5.59. The van der Waals surface area contributed by atoms with Crippen molar-refractivity contribution in [2.24, 2.45) is 0 Å². The number of aliphatic hydroxyl groups excluding tert-OH is 2. The second-order valence-electron chi connectivity index (χ2n) is 3.18. The van der Waals surface area contributed by atoms with E-state index in [0.29, 0.717) is 6.54 Å². The molecule has 5 N–H and O–H groups in total. The van der Waals surface area contributed by atoms with Crippen molar-refractivity contribution in [2.75, 3.05) is 18.9 Å². The van der Waals surface area contributed by atoms with E-state index in [1.54, 1.807) is 0 Å². The zero-order valence-electron chi connectivity index (χ0n) is 7.98. The van der Waals surface area contributed by atoms with Crippen LogP contribution in [0.1, 0.15) is 5.56 Å². The van der Waals surface area contributed by atoms with Crippen molar-refractivity contribution in [3.8, 4) is 0 Å². The Morgan fingerprint density at radius 1 is 1.14 bits per heavy atom. The van der Waals surface area contributed by atoms with Crippen molar-refractivity contribution in [1.82, 2.24) is 5.32 Å². The third kappa shape index (κ3) is 3.33. The molecule has 0 aromatic heterocycles. The van der Waals surface area contributed by atoms with Crippen molar-refractivity contribution in [1.29, 1.82) is 0 Å². The predicted molar refractivity (Wildman–Crippen MR) is 55.7 cm³/mol. The maximum absolute atomic E-state index is 8.81. The number of nitrogens with one attached hydrogen (secondary N) is 1. The molecule has 4 heteroatoms. The lowest BCUT2D eigenvalue weighted by Gasteiger charge is -2.12. The largest absolute Gasteiger partial charge is 0.399 e. The lowest BCUT2D eigenvalue weighted by Crippen LogP contribution is -2.35. The average molecular weight is 196 g/mol. The third-order valence-corrected chi connectivity index (χ3v) is 2.02. The van der Waals surface area contributed by atoms with E-state index >= 15 is 0 Å². The van der Waals surface area contributed by atoms with E-state index in [2.05, 4.69) is 5.32 Å². The van der Waals surface area contributed by atoms with Crippen LogP contribution in [0.5, 0.6) is 0 Å². The van der Waals surface area contributed by atoms with Gasteiger partial charge in [0, 0.05) is 12.2 Å². The summed E-state index contributed by atoms with van der Waals surface area (Å²) in [5.41, 5.74) is 7.34. The van der Waals surface area contributed by atoms with Crippen LogP contribution in [0.4, 0.5) is 5.69 Å². The quantitative estimate of drug-likeness (QED) is 0.488. The molecule has 1 aromatic rings. The van der Waals surface area contributed by atoms with Gasteiger partial charge >= 0.3 is 0 Å². The Hall–Kier alpha value is -1.10. The van der Waals surface area contributed by atoms with Crippen LogP contribution in [0.2, 0.25) is 0 Å². The SMILES string of the molecule is Nc1ccc(CNC(CO)CO)cc1. The van der Waals surface area contributed by atoms with Crippen molar-refractivity contribution in [3.63, 3.8) is 0 Å². The van der Waals surface area contributed by atoms with Crippen molar-refractivity contribution in [2.45, 2.75) is 12.6 Å². The van der Waals surface area contributed by atoms with Crippen LogP contribution < -0.4 is 11.1 Å². The zero-order chi connectivity index (χ0) is 10.4. The molecule has 0 aliphatic heterocycles. The Balaban J connectivity index is 2.41. The maximum Gasteiger partial charge on any atom is 0.0607 e. The fourth-order valence-corrected chi connectivity index (χ4v) is 1.08. The Labute approximate surface area is 83.4 Å². The molecule has 0 spiro atoms. The van der Waals surface area contributed by atoms with Crippen molar-refractivity contribution >= 4 is 5.69 Å². The van der Waals surface area contributed by atoms with E-state index in [1.807, 2.05) is 24.3 Å². The first-order chi connectivity index (χ1) is 6.76. The highest BCUT2D eigenvalue weighted by Crippen LogP contribution is 2.04. The van der Waals surface area contributed by atoms with Gasteiger partial charge in [-0.3, -0.25) is 0 Å². The van der Waals surface area contributed by atoms with Gasteiger partial charge in [-0.2, -0.15) is 0 Å². The topological polar surface area (TPSA) is 78.5 Å². The van der Waals surface area contributed by atoms with Crippen LogP contribution in [-0.4, -0.2) is 29.5 Å². The molecule has 0 radical (unpaired) electrons. The molecule has 14 heavy (non-hydrogen) atoms. The maximum atomic E-state index is 8.81. The molecule has 0 aliphatic rings. The first-order valence-corrected chi connectivity index (χ1v) is 4.55. The van der Waals surface area contributed by atoms with Crippen molar-refractivity contribution < 1.29 is 10.2 Å². The molecule has 0 aliphatic carbocycles. The van der Waals surface area contributed by atoms with E-state index < -0.39 is 0 Å². The predicted octanol–water partition coefficient (Wildman–Crippen LogP) is -0.288. The van der Waals surface area contributed by atoms with E-state index in [-0.39, 0.29) is 19.3 Å². The lowest BCUT2D eigenvalue weighted by molar-refractivity contribution is 0.170. The van der Waals surface area contributed by atoms with Gasteiger partial charge in [0.15, 0.2) is 0 Å². The summed E-state index contributed by atoms with van der Waals surface area (Å²) in [5, 5.41) is 20.6. The van der Waals surface area contributed by atoms with Gasteiger partial charge in [0.25, 0.3) is 0 Å². The first-order valence-electron chi connectivity index (χ1n) is 4.55. The number of nitrogen functional groups attached to an aromatic ring is 1. The van der Waals surface area contributed by atoms with Crippen LogP contribution in [0, 0.1) is 0 Å².